The van der Waals surface area contributed by atoms with Crippen LogP contribution >= 0.6 is 0 Å². The highest BCUT2D eigenvalue weighted by molar-refractivity contribution is 6.02. The Morgan fingerprint density at radius 2 is 1.15 bits per heavy atom. The number of hydrogen-bond donors (Lipinski definition) is 3. The standard InChI is InChI=1S/C18H16F2N4O.C12H10F2N2.C6H8N2O2.CH4/c1-2-24-8-7-16(23-24)18(25)22-17-6-4-13(11-21-17)9-12-3-5-14(19)15(20)10-12;13-10-3-1-8(6-11(10)14)5-9-2-4-12(15)16-7-9;1-2-8-4-3-5(7-8)6(9)10;/h3-8,10-11H,2,9H2,1H3,(H,21,22,25);1-4,6-7H,5H2,(H2,15,16);3-4H,2H2,1H3,(H,9,10);1H4. The molecule has 6 aromatic rings. The molecule has 4 heterocycles. The number of carbonyl (C=O) groups is 2. The summed E-state index contributed by atoms with van der Waals surface area (Å²) >= 11 is 0. The number of halogens is 4. The summed E-state index contributed by atoms with van der Waals surface area (Å²) in [5, 5.41) is 19.0. The Kier molecular flexibility index (Phi) is 14.7. The number of pyridine rings is 2. The molecule has 2 aromatic carbocycles. The van der Waals surface area contributed by atoms with Crippen molar-refractivity contribution in [3.63, 3.8) is 0 Å². The van der Waals surface area contributed by atoms with Gasteiger partial charge in [-0.3, -0.25) is 14.2 Å². The zero-order chi connectivity index (χ0) is 36.9. The van der Waals surface area contributed by atoms with Crippen LogP contribution < -0.4 is 11.1 Å². The van der Waals surface area contributed by atoms with Gasteiger partial charge in [0.15, 0.2) is 34.7 Å². The predicted octanol–water partition coefficient (Wildman–Crippen LogP) is 7.19. The van der Waals surface area contributed by atoms with Gasteiger partial charge >= 0.3 is 5.97 Å². The van der Waals surface area contributed by atoms with E-state index in [0.29, 0.717) is 54.4 Å². The first-order valence-corrected chi connectivity index (χ1v) is 15.6. The monoisotopic (exact) mass is 718 g/mol. The predicted molar refractivity (Wildman–Crippen MR) is 189 cm³/mol. The quantitative estimate of drug-likeness (QED) is 0.133. The number of aromatic nitrogens is 6. The van der Waals surface area contributed by atoms with E-state index in [1.165, 1.54) is 18.2 Å². The van der Waals surface area contributed by atoms with Crippen LogP contribution in [-0.2, 0) is 25.9 Å². The molecular weight excluding hydrogens is 680 g/mol. The summed E-state index contributed by atoms with van der Waals surface area (Å²) in [4.78, 5) is 30.4. The molecule has 272 valence electrons. The van der Waals surface area contributed by atoms with Crippen molar-refractivity contribution < 1.29 is 32.3 Å². The number of aromatic carboxylic acids is 1. The molecule has 0 bridgehead atoms. The van der Waals surface area contributed by atoms with Crippen LogP contribution in [-0.4, -0.2) is 46.5 Å². The van der Waals surface area contributed by atoms with E-state index in [-0.39, 0.29) is 19.0 Å². The molecule has 15 heteroatoms. The normalized spacial score (nSPS) is 10.2. The number of nitrogens with two attached hydrogens (primary N) is 1. The number of benzene rings is 2. The van der Waals surface area contributed by atoms with Gasteiger partial charge in [0, 0.05) is 37.9 Å². The van der Waals surface area contributed by atoms with Crippen molar-refractivity contribution in [2.45, 2.75) is 47.2 Å². The number of carboxylic acids is 1. The first-order valence-electron chi connectivity index (χ1n) is 15.6. The Hall–Kier alpha value is -6.38. The molecule has 0 aliphatic carbocycles. The van der Waals surface area contributed by atoms with Crippen LogP contribution in [0.25, 0.3) is 0 Å². The summed E-state index contributed by atoms with van der Waals surface area (Å²) in [5.41, 5.74) is 8.92. The molecule has 11 nitrogen and oxygen atoms in total. The van der Waals surface area contributed by atoms with E-state index in [1.54, 1.807) is 64.5 Å². The second-order valence-electron chi connectivity index (χ2n) is 10.9. The van der Waals surface area contributed by atoms with Gasteiger partial charge in [0.05, 0.1) is 0 Å². The van der Waals surface area contributed by atoms with Gasteiger partial charge in [0.2, 0.25) is 0 Å². The minimum Gasteiger partial charge on any atom is -0.476 e. The fourth-order valence-electron chi connectivity index (χ4n) is 4.41. The van der Waals surface area contributed by atoms with E-state index < -0.39 is 29.2 Å². The third kappa shape index (κ3) is 11.9. The minimum absolute atomic E-state index is 0. The number of nitrogen functional groups attached to an aromatic ring is 1. The topological polar surface area (TPSA) is 154 Å². The van der Waals surface area contributed by atoms with E-state index in [2.05, 4.69) is 25.5 Å². The third-order valence-corrected chi connectivity index (χ3v) is 7.08. The summed E-state index contributed by atoms with van der Waals surface area (Å²) in [6.07, 6.45) is 7.50. The lowest BCUT2D eigenvalue weighted by atomic mass is 10.1. The Labute approximate surface area is 297 Å². The summed E-state index contributed by atoms with van der Waals surface area (Å²) in [6, 6.07) is 17.7. The van der Waals surface area contributed by atoms with E-state index in [9.17, 15) is 27.2 Å². The first-order chi connectivity index (χ1) is 24.4. The van der Waals surface area contributed by atoms with Crippen LogP contribution in [0.4, 0.5) is 29.2 Å². The maximum Gasteiger partial charge on any atom is 0.356 e. The van der Waals surface area contributed by atoms with Crippen molar-refractivity contribution in [3.05, 3.63) is 154 Å². The average Bonchev–Trinajstić information content (AvgIpc) is 3.82. The van der Waals surface area contributed by atoms with Crippen molar-refractivity contribution >= 4 is 23.5 Å². The molecule has 0 aliphatic heterocycles. The summed E-state index contributed by atoms with van der Waals surface area (Å²) in [5.74, 6) is -3.90. The highest BCUT2D eigenvalue weighted by atomic mass is 19.2. The Morgan fingerprint density at radius 1 is 0.673 bits per heavy atom. The number of nitrogens with zero attached hydrogens (tertiary/aromatic N) is 6. The molecule has 0 radical (unpaired) electrons. The molecule has 0 saturated carbocycles. The molecule has 0 aliphatic rings. The van der Waals surface area contributed by atoms with Crippen LogP contribution in [0.3, 0.4) is 0 Å². The summed E-state index contributed by atoms with van der Waals surface area (Å²) < 4.78 is 55.0. The van der Waals surface area contributed by atoms with Gasteiger partial charge in [-0.15, -0.1) is 0 Å². The lowest BCUT2D eigenvalue weighted by molar-refractivity contribution is 0.0689. The number of carboxylic acid groups (broad SMARTS) is 1. The lowest BCUT2D eigenvalue weighted by Gasteiger charge is -2.05. The molecule has 0 unspecified atom stereocenters. The maximum absolute atomic E-state index is 13.2. The molecule has 6 rings (SSSR count). The van der Waals surface area contributed by atoms with Crippen molar-refractivity contribution in [2.75, 3.05) is 11.1 Å². The van der Waals surface area contributed by atoms with Gasteiger partial charge in [-0.25, -0.2) is 32.3 Å². The lowest BCUT2D eigenvalue weighted by Crippen LogP contribution is -2.14. The molecule has 0 spiro atoms. The average molecular weight is 719 g/mol. The van der Waals surface area contributed by atoms with Gasteiger partial charge in [0.1, 0.15) is 11.6 Å². The smallest absolute Gasteiger partial charge is 0.356 e. The molecule has 0 atom stereocenters. The molecule has 4 N–H and O–H groups in total. The minimum atomic E-state index is -0.979. The van der Waals surface area contributed by atoms with Gasteiger partial charge < -0.3 is 16.2 Å². The zero-order valence-electron chi connectivity index (χ0n) is 27.6. The van der Waals surface area contributed by atoms with Crippen LogP contribution in [0.15, 0.2) is 97.6 Å². The fourth-order valence-corrected chi connectivity index (χ4v) is 4.41. The van der Waals surface area contributed by atoms with Crippen LogP contribution in [0.5, 0.6) is 0 Å². The second-order valence-corrected chi connectivity index (χ2v) is 10.9. The highest BCUT2D eigenvalue weighted by Crippen LogP contribution is 2.15. The van der Waals surface area contributed by atoms with E-state index in [4.69, 9.17) is 10.8 Å². The Morgan fingerprint density at radius 3 is 1.56 bits per heavy atom. The molecule has 1 amide bonds. The molecule has 0 saturated heterocycles. The van der Waals surface area contributed by atoms with Crippen LogP contribution in [0.1, 0.15) is 64.5 Å². The number of anilines is 2. The molecule has 4 aromatic heterocycles. The van der Waals surface area contributed by atoms with Gasteiger partial charge in [-0.05, 0) is 97.5 Å². The van der Waals surface area contributed by atoms with Crippen molar-refractivity contribution in [1.82, 2.24) is 29.5 Å². The number of carbonyl (C=O) groups excluding carboxylic acids is 1. The Bertz CT molecular complexity index is 2070. The Balaban J connectivity index is 0.000000231. The van der Waals surface area contributed by atoms with E-state index >= 15 is 0 Å². The summed E-state index contributed by atoms with van der Waals surface area (Å²) in [7, 11) is 0. The third-order valence-electron chi connectivity index (χ3n) is 7.08. The van der Waals surface area contributed by atoms with Crippen LogP contribution in [0, 0.1) is 23.3 Å². The maximum atomic E-state index is 13.2. The number of nitrogens with one attached hydrogen (secondary N) is 1. The van der Waals surface area contributed by atoms with E-state index in [1.807, 2.05) is 19.9 Å². The zero-order valence-corrected chi connectivity index (χ0v) is 27.6. The van der Waals surface area contributed by atoms with Crippen molar-refractivity contribution in [2.24, 2.45) is 0 Å². The van der Waals surface area contributed by atoms with Gasteiger partial charge in [-0.1, -0.05) is 31.7 Å². The fraction of sp³-hybridized carbons (Fsp3) is 0.189. The number of hydrogen-bond acceptors (Lipinski definition) is 7. The number of aryl methyl sites for hydroxylation is 2. The van der Waals surface area contributed by atoms with Gasteiger partial charge in [-0.2, -0.15) is 10.2 Å². The molecular formula is C37H38F4N8O3. The molecule has 0 fully saturated rings. The number of rotatable bonds is 9. The SMILES string of the molecule is C.CCn1ccc(C(=O)Nc2ccc(Cc3ccc(F)c(F)c3)cn2)n1.CCn1ccc(C(=O)O)n1.Nc1ccc(Cc2ccc(F)c(F)c2)cn1. The van der Waals surface area contributed by atoms with Crippen LogP contribution in [0.2, 0.25) is 0 Å². The largest absolute Gasteiger partial charge is 0.476 e. The van der Waals surface area contributed by atoms with Gasteiger partial charge in [0.25, 0.3) is 5.91 Å². The summed E-state index contributed by atoms with van der Waals surface area (Å²) in [6.45, 7) is 5.22. The van der Waals surface area contributed by atoms with Crippen molar-refractivity contribution in [3.8, 4) is 0 Å². The number of amides is 1. The molecule has 52 heavy (non-hydrogen) atoms. The second kappa shape index (κ2) is 19.1. The van der Waals surface area contributed by atoms with Crippen molar-refractivity contribution in [1.29, 1.82) is 0 Å². The van der Waals surface area contributed by atoms with E-state index in [0.717, 1.165) is 29.3 Å². The highest BCUT2D eigenvalue weighted by Gasteiger charge is 2.11. The first kappa shape index (κ1) is 40.1.